The van der Waals surface area contributed by atoms with E-state index in [1.165, 1.54) is 70.4 Å². The number of nitrogens with zero attached hydrogens (tertiary/aromatic N) is 7. The number of rotatable bonds is 11. The van der Waals surface area contributed by atoms with Crippen LogP contribution >= 0.6 is 11.3 Å². The number of para-hydroxylation sites is 3. The van der Waals surface area contributed by atoms with Gasteiger partial charge >= 0.3 is 0 Å². The topological polar surface area (TPSA) is 109 Å². The zero-order valence-corrected chi connectivity index (χ0v) is 69.0. The molecule has 588 valence electrons. The van der Waals surface area contributed by atoms with Gasteiger partial charge in [0.1, 0.15) is 32.8 Å². The summed E-state index contributed by atoms with van der Waals surface area (Å²) in [6.07, 6.45) is 2.13. The Kier molecular flexibility index (Phi) is 18.2. The molecular formula is C115H75N7O2S. The maximum Gasteiger partial charge on any atom is 0.180 e. The number of furan rings is 2. The molecule has 24 aromatic rings. The van der Waals surface area contributed by atoms with Crippen LogP contribution in [0.15, 0.2) is 428 Å². The van der Waals surface area contributed by atoms with Crippen molar-refractivity contribution in [2.24, 2.45) is 0 Å². The fraction of sp³-hybridized carbons (Fsp3) is 0.0261. The van der Waals surface area contributed by atoms with Crippen LogP contribution in [-0.2, 0) is 5.41 Å². The first-order chi connectivity index (χ1) is 61.7. The lowest BCUT2D eigenvalue weighted by Gasteiger charge is -2.21. The first-order valence-corrected chi connectivity index (χ1v) is 43.0. The normalized spacial score (nSPS) is 12.1. The molecule has 7 aromatic heterocycles. The monoisotopic (exact) mass is 1620 g/mol. The molecule has 9 nitrogen and oxygen atoms in total. The molecule has 0 radical (unpaired) electrons. The highest BCUT2D eigenvalue weighted by Gasteiger charge is 2.40. The van der Waals surface area contributed by atoms with E-state index >= 15 is 0 Å². The minimum atomic E-state index is -0.236. The molecule has 17 aromatic carbocycles. The Balaban J connectivity index is 0.000000108. The molecule has 10 heteroatoms. The molecule has 0 unspecified atom stereocenters. The third kappa shape index (κ3) is 13.4. The minimum absolute atomic E-state index is 0.236. The summed E-state index contributed by atoms with van der Waals surface area (Å²) in [7, 11) is 0. The van der Waals surface area contributed by atoms with E-state index in [0.717, 1.165) is 156 Å². The molecule has 0 aliphatic heterocycles. The van der Waals surface area contributed by atoms with Crippen molar-refractivity contribution in [3.05, 3.63) is 430 Å². The van der Waals surface area contributed by atoms with Crippen LogP contribution in [0, 0.1) is 0 Å². The highest BCUT2D eigenvalue weighted by molar-refractivity contribution is 7.25. The number of hydrogen-bond acceptors (Lipinski definition) is 9. The van der Waals surface area contributed by atoms with Gasteiger partial charge in [-0.25, -0.2) is 29.9 Å². The van der Waals surface area contributed by atoms with Crippen molar-refractivity contribution < 1.29 is 8.83 Å². The Labute approximate surface area is 724 Å². The summed E-state index contributed by atoms with van der Waals surface area (Å²) in [6.45, 7) is 4.55. The zero-order chi connectivity index (χ0) is 83.1. The summed E-state index contributed by atoms with van der Waals surface area (Å²) < 4.78 is 15.8. The van der Waals surface area contributed by atoms with Crippen molar-refractivity contribution in [2.75, 3.05) is 0 Å². The lowest BCUT2D eigenvalue weighted by Crippen LogP contribution is -2.17. The Morgan fingerprint density at radius 3 is 1.48 bits per heavy atom. The lowest BCUT2D eigenvalue weighted by molar-refractivity contribution is 0.636. The molecule has 0 saturated carbocycles. The van der Waals surface area contributed by atoms with Crippen LogP contribution in [-0.4, -0.2) is 34.5 Å². The van der Waals surface area contributed by atoms with E-state index in [4.69, 9.17) is 38.7 Å². The molecule has 0 amide bonds. The Bertz CT molecular complexity index is 8320. The van der Waals surface area contributed by atoms with E-state index in [1.807, 2.05) is 54.6 Å². The highest BCUT2D eigenvalue weighted by Crippen LogP contribution is 2.52. The average molecular weight is 1620 g/mol. The maximum atomic E-state index is 6.29. The molecule has 125 heavy (non-hydrogen) atoms. The van der Waals surface area contributed by atoms with Crippen molar-refractivity contribution in [1.82, 2.24) is 34.5 Å². The number of thiophene rings is 1. The van der Waals surface area contributed by atoms with Gasteiger partial charge in [0.15, 0.2) is 23.1 Å². The Hall–Kier alpha value is -16.1. The Morgan fingerprint density at radius 2 is 0.760 bits per heavy atom. The fourth-order valence-corrected chi connectivity index (χ4v) is 19.3. The van der Waals surface area contributed by atoms with Crippen LogP contribution in [0.5, 0.6) is 0 Å². The van der Waals surface area contributed by atoms with E-state index in [9.17, 15) is 0 Å². The van der Waals surface area contributed by atoms with Crippen molar-refractivity contribution >= 4 is 108 Å². The van der Waals surface area contributed by atoms with Gasteiger partial charge in [-0.1, -0.05) is 341 Å². The van der Waals surface area contributed by atoms with E-state index < -0.39 is 0 Å². The molecule has 0 saturated heterocycles. The molecule has 0 fully saturated rings. The molecule has 0 atom stereocenters. The van der Waals surface area contributed by atoms with E-state index in [2.05, 4.69) is 383 Å². The van der Waals surface area contributed by atoms with Crippen molar-refractivity contribution in [3.8, 4) is 129 Å². The van der Waals surface area contributed by atoms with Gasteiger partial charge in [-0.05, 0) is 167 Å². The maximum absolute atomic E-state index is 6.29. The standard InChI is InChI=1S/C43H30N2O.C36H23N3S.C36H22N2O/c1-43(2)36-20-8-6-19-34(36)39-40(27-12-4-3-5-13-27)44-42(45-41(39)43)32-17-11-16-30(25-32)28-14-10-15-29(24-28)31-22-23-38-35(26-31)33-18-7-9-21-37(33)46-38;1-2-9-27(10-3-1)34-33-30-11-5-7-13-32(30)40-36(33)38-35(37-34)28-16-14-24(15-17-28)25-18-20-29(21-19-25)39-23-22-26-8-4-6-12-31(26)39;1-2-11-23(12-3-1)33-35-34(30-19-8-9-20-32(30)39-35)38-36(37-33)26-15-10-14-24(21-26)31-22-25-13-4-5-16-27(25)28-17-6-7-18-29(28)31/h3-26H,1-2H3;1-23H;1-22H. The van der Waals surface area contributed by atoms with Crippen molar-refractivity contribution in [1.29, 1.82) is 0 Å². The van der Waals surface area contributed by atoms with Crippen LogP contribution < -0.4 is 0 Å². The minimum Gasteiger partial charge on any atom is -0.456 e. The molecule has 0 spiro atoms. The largest absolute Gasteiger partial charge is 0.456 e. The Morgan fingerprint density at radius 1 is 0.280 bits per heavy atom. The molecule has 7 heterocycles. The number of benzene rings is 17. The van der Waals surface area contributed by atoms with Gasteiger partial charge in [-0.15, -0.1) is 11.3 Å². The summed E-state index contributed by atoms with van der Waals surface area (Å²) in [4.78, 5) is 31.9. The van der Waals surface area contributed by atoms with Gasteiger partial charge in [0, 0.05) is 87.9 Å². The second-order valence-electron chi connectivity index (χ2n) is 32.3. The predicted octanol–water partition coefficient (Wildman–Crippen LogP) is 30.8. The summed E-state index contributed by atoms with van der Waals surface area (Å²) in [5, 5.41) is 11.8. The van der Waals surface area contributed by atoms with Crippen LogP contribution in [0.3, 0.4) is 0 Å². The summed E-state index contributed by atoms with van der Waals surface area (Å²) in [6, 6.07) is 144. The van der Waals surface area contributed by atoms with Gasteiger partial charge in [0.25, 0.3) is 0 Å². The molecule has 1 aliphatic rings. The fourth-order valence-electron chi connectivity index (χ4n) is 18.2. The predicted molar refractivity (Wildman–Crippen MR) is 517 cm³/mol. The first kappa shape index (κ1) is 74.0. The molecule has 0 bridgehead atoms. The summed E-state index contributed by atoms with van der Waals surface area (Å²) >= 11 is 1.73. The molecular weight excluding hydrogens is 1540 g/mol. The zero-order valence-electron chi connectivity index (χ0n) is 68.2. The van der Waals surface area contributed by atoms with Crippen LogP contribution in [0.1, 0.15) is 25.1 Å². The van der Waals surface area contributed by atoms with Crippen LogP contribution in [0.4, 0.5) is 0 Å². The van der Waals surface area contributed by atoms with Gasteiger partial charge < -0.3 is 13.4 Å². The lowest BCUT2D eigenvalue weighted by atomic mass is 9.85. The molecule has 25 rings (SSSR count). The van der Waals surface area contributed by atoms with E-state index in [-0.39, 0.29) is 5.41 Å². The van der Waals surface area contributed by atoms with Crippen LogP contribution in [0.2, 0.25) is 0 Å². The van der Waals surface area contributed by atoms with Crippen molar-refractivity contribution in [2.45, 2.75) is 19.3 Å². The first-order valence-electron chi connectivity index (χ1n) is 42.2. The van der Waals surface area contributed by atoms with Gasteiger partial charge in [0.2, 0.25) is 0 Å². The highest BCUT2D eigenvalue weighted by atomic mass is 32.1. The second kappa shape index (κ2) is 30.8. The number of fused-ring (bicyclic) bond motifs is 16. The summed E-state index contributed by atoms with van der Waals surface area (Å²) in [5.41, 5.74) is 29.3. The van der Waals surface area contributed by atoms with Gasteiger partial charge in [0.05, 0.1) is 22.6 Å². The quantitative estimate of drug-likeness (QED) is 0.118. The SMILES string of the molecule is CC1(C)c2ccccc2-c2c(-c3ccccc3)nc(-c3cccc(-c4cccc(-c5ccc6oc7ccccc7c6c5)c4)c3)nc21.c1ccc(-c2nc(-c3ccc(-c4ccc(-n5ccc6ccccc65)cc4)cc3)nc3sc4ccccc4c23)cc1.c1ccc(-c2nc(-c3cccc(-c4cc5ccccc5c5ccccc45)c3)nc3c2oc2ccccc23)cc1. The van der Waals surface area contributed by atoms with E-state index in [1.54, 1.807) is 11.3 Å². The third-order valence-corrected chi connectivity index (χ3v) is 25.5. The smallest absolute Gasteiger partial charge is 0.180 e. The second-order valence-corrected chi connectivity index (χ2v) is 33.4. The molecule has 1 aliphatic carbocycles. The van der Waals surface area contributed by atoms with Gasteiger partial charge in [-0.2, -0.15) is 0 Å². The number of hydrogen-bond donors (Lipinski definition) is 0. The van der Waals surface area contributed by atoms with Crippen LogP contribution in [0.25, 0.3) is 226 Å². The van der Waals surface area contributed by atoms with E-state index in [0.29, 0.717) is 11.4 Å². The average Bonchev–Trinajstić information content (AvgIpc) is 1.55. The summed E-state index contributed by atoms with van der Waals surface area (Å²) in [5.74, 6) is 2.17. The molecule has 0 N–H and O–H groups in total. The third-order valence-electron chi connectivity index (χ3n) is 24.4. The van der Waals surface area contributed by atoms with Crippen molar-refractivity contribution in [3.63, 3.8) is 0 Å². The number of aromatic nitrogens is 7. The van der Waals surface area contributed by atoms with Gasteiger partial charge in [-0.3, -0.25) is 0 Å².